The molecule has 14 heavy (non-hydrogen) atoms. The fraction of sp³-hybridized carbons (Fsp3) is 0.545. The van der Waals surface area contributed by atoms with E-state index in [9.17, 15) is 0 Å². The number of pyridine rings is 1. The molecule has 0 aliphatic heterocycles. The Balaban J connectivity index is 3.14. The lowest BCUT2D eigenvalue weighted by Crippen LogP contribution is -2.14. The monoisotopic (exact) mass is 194 g/mol. The van der Waals surface area contributed by atoms with Gasteiger partial charge in [-0.25, -0.2) is 0 Å². The second-order valence-corrected chi connectivity index (χ2v) is 4.34. The fourth-order valence-electron chi connectivity index (χ4n) is 1.24. The van der Waals surface area contributed by atoms with Crippen LogP contribution in [-0.2, 0) is 12.0 Å². The van der Waals surface area contributed by atoms with Crippen molar-refractivity contribution in [2.75, 3.05) is 7.11 Å². The molecule has 0 atom stereocenters. The van der Waals surface area contributed by atoms with Crippen molar-refractivity contribution < 1.29 is 4.74 Å². The van der Waals surface area contributed by atoms with Crippen molar-refractivity contribution in [2.24, 2.45) is 5.73 Å². The predicted octanol–water partition coefficient (Wildman–Crippen LogP) is 1.85. The molecule has 0 aliphatic rings. The third-order valence-corrected chi connectivity index (χ3v) is 2.16. The molecule has 0 amide bonds. The van der Waals surface area contributed by atoms with Gasteiger partial charge in [0.2, 0.25) is 0 Å². The molecule has 0 radical (unpaired) electrons. The average Bonchev–Trinajstić information content (AvgIpc) is 2.15. The number of aromatic nitrogens is 1. The maximum atomic E-state index is 5.63. The van der Waals surface area contributed by atoms with Crippen molar-refractivity contribution in [3.8, 4) is 5.75 Å². The molecule has 1 aromatic heterocycles. The summed E-state index contributed by atoms with van der Waals surface area (Å²) in [5.41, 5.74) is 7.73. The van der Waals surface area contributed by atoms with Gasteiger partial charge in [0.15, 0.2) is 0 Å². The highest BCUT2D eigenvalue weighted by Gasteiger charge is 2.16. The molecule has 0 bridgehead atoms. The van der Waals surface area contributed by atoms with Crippen LogP contribution in [0.25, 0.3) is 0 Å². The van der Waals surface area contributed by atoms with E-state index in [1.807, 2.05) is 6.07 Å². The number of methoxy groups -OCH3 is 1. The van der Waals surface area contributed by atoms with Crippen LogP contribution in [0.5, 0.6) is 5.75 Å². The van der Waals surface area contributed by atoms with Gasteiger partial charge in [-0.2, -0.15) is 0 Å². The van der Waals surface area contributed by atoms with Gasteiger partial charge in [0.05, 0.1) is 13.3 Å². The van der Waals surface area contributed by atoms with Gasteiger partial charge in [-0.05, 0) is 6.07 Å². The summed E-state index contributed by atoms with van der Waals surface area (Å²) in [6, 6.07) is 2.01. The predicted molar refractivity (Wildman–Crippen MR) is 57.4 cm³/mol. The smallest absolute Gasteiger partial charge is 0.141 e. The molecular formula is C11H18N2O. The summed E-state index contributed by atoms with van der Waals surface area (Å²) in [7, 11) is 1.63. The van der Waals surface area contributed by atoms with E-state index in [1.54, 1.807) is 13.3 Å². The first kappa shape index (κ1) is 11.0. The largest absolute Gasteiger partial charge is 0.495 e. The molecule has 1 heterocycles. The van der Waals surface area contributed by atoms with Crippen LogP contribution in [-0.4, -0.2) is 12.1 Å². The molecule has 1 rings (SSSR count). The Hall–Kier alpha value is -1.09. The van der Waals surface area contributed by atoms with Crippen LogP contribution in [0.1, 0.15) is 32.0 Å². The fourth-order valence-corrected chi connectivity index (χ4v) is 1.24. The van der Waals surface area contributed by atoms with Crippen molar-refractivity contribution in [3.63, 3.8) is 0 Å². The third kappa shape index (κ3) is 2.23. The third-order valence-electron chi connectivity index (χ3n) is 2.16. The van der Waals surface area contributed by atoms with Crippen LogP contribution in [0.15, 0.2) is 12.3 Å². The average molecular weight is 194 g/mol. The van der Waals surface area contributed by atoms with Crippen LogP contribution in [0.3, 0.4) is 0 Å². The Morgan fingerprint density at radius 3 is 2.50 bits per heavy atom. The van der Waals surface area contributed by atoms with E-state index < -0.39 is 0 Å². The number of nitrogens with two attached hydrogens (primary N) is 1. The number of nitrogens with zero attached hydrogens (tertiary/aromatic N) is 1. The van der Waals surface area contributed by atoms with Crippen LogP contribution >= 0.6 is 0 Å². The van der Waals surface area contributed by atoms with Gasteiger partial charge >= 0.3 is 0 Å². The summed E-state index contributed by atoms with van der Waals surface area (Å²) >= 11 is 0. The highest BCUT2D eigenvalue weighted by molar-refractivity contribution is 5.34. The van der Waals surface area contributed by atoms with E-state index >= 15 is 0 Å². The number of ether oxygens (including phenoxy) is 1. The molecule has 78 valence electrons. The van der Waals surface area contributed by atoms with E-state index in [-0.39, 0.29) is 5.41 Å². The Labute approximate surface area is 85.3 Å². The van der Waals surface area contributed by atoms with Crippen molar-refractivity contribution in [3.05, 3.63) is 23.5 Å². The van der Waals surface area contributed by atoms with Crippen molar-refractivity contribution in [1.82, 2.24) is 4.98 Å². The van der Waals surface area contributed by atoms with Gasteiger partial charge in [0.25, 0.3) is 0 Å². The molecule has 0 aromatic carbocycles. The summed E-state index contributed by atoms with van der Waals surface area (Å²) in [6.45, 7) is 6.86. The first-order valence-electron chi connectivity index (χ1n) is 4.72. The van der Waals surface area contributed by atoms with Crippen molar-refractivity contribution in [2.45, 2.75) is 32.7 Å². The molecule has 0 aliphatic carbocycles. The lowest BCUT2D eigenvalue weighted by Gasteiger charge is -2.19. The quantitative estimate of drug-likeness (QED) is 0.781. The standard InChI is InChI=1S/C11H18N2O/c1-11(2,3)10-5-8(6-12)9(14-4)7-13-10/h5,7H,6,12H2,1-4H3. The molecule has 0 fully saturated rings. The van der Waals surface area contributed by atoms with Crippen LogP contribution < -0.4 is 10.5 Å². The SMILES string of the molecule is COc1cnc(C(C)(C)C)cc1CN. The molecule has 2 N–H and O–H groups in total. The summed E-state index contributed by atoms with van der Waals surface area (Å²) in [5, 5.41) is 0. The van der Waals surface area contributed by atoms with E-state index in [0.29, 0.717) is 6.54 Å². The van der Waals surface area contributed by atoms with E-state index in [4.69, 9.17) is 10.5 Å². The minimum absolute atomic E-state index is 0.0518. The maximum Gasteiger partial charge on any atom is 0.141 e. The van der Waals surface area contributed by atoms with Gasteiger partial charge in [0.1, 0.15) is 5.75 Å². The molecule has 0 spiro atoms. The topological polar surface area (TPSA) is 48.1 Å². The second-order valence-electron chi connectivity index (χ2n) is 4.34. The maximum absolute atomic E-state index is 5.63. The number of hydrogen-bond acceptors (Lipinski definition) is 3. The zero-order chi connectivity index (χ0) is 10.8. The molecule has 3 heteroatoms. The first-order valence-corrected chi connectivity index (χ1v) is 4.72. The summed E-state index contributed by atoms with van der Waals surface area (Å²) < 4.78 is 5.16. The zero-order valence-electron chi connectivity index (χ0n) is 9.29. The van der Waals surface area contributed by atoms with Crippen LogP contribution in [0.4, 0.5) is 0 Å². The summed E-state index contributed by atoms with van der Waals surface area (Å²) in [6.07, 6.45) is 1.74. The Morgan fingerprint density at radius 2 is 2.07 bits per heavy atom. The van der Waals surface area contributed by atoms with Crippen LogP contribution in [0, 0.1) is 0 Å². The van der Waals surface area contributed by atoms with Gasteiger partial charge in [-0.1, -0.05) is 20.8 Å². The van der Waals surface area contributed by atoms with Gasteiger partial charge in [0, 0.05) is 23.2 Å². The zero-order valence-corrected chi connectivity index (χ0v) is 9.29. The number of hydrogen-bond donors (Lipinski definition) is 1. The molecule has 0 saturated heterocycles. The van der Waals surface area contributed by atoms with Gasteiger partial charge in [-0.15, -0.1) is 0 Å². The Bertz CT molecular complexity index is 316. The lowest BCUT2D eigenvalue weighted by atomic mass is 9.91. The highest BCUT2D eigenvalue weighted by Crippen LogP contribution is 2.24. The van der Waals surface area contributed by atoms with E-state index in [2.05, 4.69) is 25.8 Å². The van der Waals surface area contributed by atoms with Crippen LogP contribution in [0.2, 0.25) is 0 Å². The molecule has 0 saturated carbocycles. The minimum atomic E-state index is 0.0518. The normalized spacial score (nSPS) is 11.5. The molecule has 3 nitrogen and oxygen atoms in total. The molecule has 1 aromatic rings. The lowest BCUT2D eigenvalue weighted by molar-refractivity contribution is 0.406. The second kappa shape index (κ2) is 3.96. The first-order chi connectivity index (χ1) is 6.49. The van der Waals surface area contributed by atoms with E-state index in [1.165, 1.54) is 0 Å². The van der Waals surface area contributed by atoms with Crippen molar-refractivity contribution >= 4 is 0 Å². The van der Waals surface area contributed by atoms with Gasteiger partial charge < -0.3 is 10.5 Å². The molecule has 0 unspecified atom stereocenters. The Morgan fingerprint density at radius 1 is 1.43 bits per heavy atom. The van der Waals surface area contributed by atoms with Gasteiger partial charge in [-0.3, -0.25) is 4.98 Å². The summed E-state index contributed by atoms with van der Waals surface area (Å²) in [5.74, 6) is 0.764. The Kier molecular flexibility index (Phi) is 3.11. The van der Waals surface area contributed by atoms with E-state index in [0.717, 1.165) is 17.0 Å². The summed E-state index contributed by atoms with van der Waals surface area (Å²) in [4.78, 5) is 4.35. The van der Waals surface area contributed by atoms with Crippen molar-refractivity contribution in [1.29, 1.82) is 0 Å². The molecular weight excluding hydrogens is 176 g/mol. The highest BCUT2D eigenvalue weighted by atomic mass is 16.5. The number of rotatable bonds is 2. The minimum Gasteiger partial charge on any atom is -0.495 e.